The van der Waals surface area contributed by atoms with Crippen molar-refractivity contribution in [3.8, 4) is 0 Å². The van der Waals surface area contributed by atoms with Crippen molar-refractivity contribution in [2.75, 3.05) is 0 Å². The maximum atomic E-state index is 11.4. The number of thiophene rings is 1. The third kappa shape index (κ3) is 2.58. The highest BCUT2D eigenvalue weighted by Crippen LogP contribution is 2.25. The Balaban J connectivity index is 1.74. The van der Waals surface area contributed by atoms with E-state index in [1.54, 1.807) is 11.3 Å². The second-order valence-electron chi connectivity index (χ2n) is 4.92. The fraction of sp³-hybridized carbons (Fsp3) is 0.462. The molecule has 7 heteroatoms. The molecule has 0 N–H and O–H groups in total. The van der Waals surface area contributed by atoms with E-state index in [9.17, 15) is 4.79 Å². The summed E-state index contributed by atoms with van der Waals surface area (Å²) in [6, 6.07) is 2.02. The van der Waals surface area contributed by atoms with Crippen LogP contribution >= 0.6 is 22.9 Å². The number of fused-ring (bicyclic) bond motifs is 1. The van der Waals surface area contributed by atoms with Crippen LogP contribution in [0.2, 0.25) is 5.02 Å². The standard InChI is InChI=1S/C13H15ClN4OS/c1-9-15-13-3-2-10(6-18(13)16-9)17(8-19)7-12-11(14)4-5-20-12/h4-5,8,10H,2-3,6-7H2,1H3. The summed E-state index contributed by atoms with van der Waals surface area (Å²) in [6.45, 7) is 3.16. The highest BCUT2D eigenvalue weighted by molar-refractivity contribution is 7.10. The van der Waals surface area contributed by atoms with Gasteiger partial charge in [0.1, 0.15) is 11.6 Å². The van der Waals surface area contributed by atoms with Gasteiger partial charge in [0.15, 0.2) is 0 Å². The fourth-order valence-electron chi connectivity index (χ4n) is 2.54. The highest BCUT2D eigenvalue weighted by atomic mass is 35.5. The summed E-state index contributed by atoms with van der Waals surface area (Å²) in [6.07, 6.45) is 2.68. The van der Waals surface area contributed by atoms with Gasteiger partial charge >= 0.3 is 0 Å². The Labute approximate surface area is 126 Å². The molecule has 106 valence electrons. The molecule has 1 atom stereocenters. The van der Waals surface area contributed by atoms with Crippen molar-refractivity contribution in [2.24, 2.45) is 0 Å². The lowest BCUT2D eigenvalue weighted by Crippen LogP contribution is -2.40. The zero-order valence-electron chi connectivity index (χ0n) is 11.1. The van der Waals surface area contributed by atoms with Crippen LogP contribution in [0.5, 0.6) is 0 Å². The van der Waals surface area contributed by atoms with Crippen molar-refractivity contribution in [1.29, 1.82) is 0 Å². The molecule has 2 aromatic rings. The first-order valence-electron chi connectivity index (χ1n) is 6.50. The second-order valence-corrected chi connectivity index (χ2v) is 6.33. The SMILES string of the molecule is Cc1nc2n(n1)CC(N(C=O)Cc1sccc1Cl)CC2. The van der Waals surface area contributed by atoms with E-state index in [0.717, 1.165) is 40.8 Å². The molecule has 1 aliphatic rings. The molecule has 20 heavy (non-hydrogen) atoms. The highest BCUT2D eigenvalue weighted by Gasteiger charge is 2.25. The smallest absolute Gasteiger partial charge is 0.210 e. The van der Waals surface area contributed by atoms with Crippen LogP contribution in [0.4, 0.5) is 0 Å². The summed E-state index contributed by atoms with van der Waals surface area (Å²) in [7, 11) is 0. The fourth-order valence-corrected chi connectivity index (χ4v) is 3.65. The van der Waals surface area contributed by atoms with Gasteiger partial charge in [-0.3, -0.25) is 4.79 Å². The summed E-state index contributed by atoms with van der Waals surface area (Å²) in [5, 5.41) is 7.05. The van der Waals surface area contributed by atoms with Crippen molar-refractivity contribution in [3.05, 3.63) is 33.0 Å². The minimum atomic E-state index is 0.152. The number of hydrogen-bond donors (Lipinski definition) is 0. The van der Waals surface area contributed by atoms with Crippen LogP contribution in [-0.4, -0.2) is 32.1 Å². The van der Waals surface area contributed by atoms with Crippen molar-refractivity contribution >= 4 is 29.3 Å². The number of aromatic nitrogens is 3. The minimum absolute atomic E-state index is 0.152. The number of aryl methyl sites for hydroxylation is 2. The van der Waals surface area contributed by atoms with E-state index in [1.165, 1.54) is 0 Å². The quantitative estimate of drug-likeness (QED) is 0.814. The zero-order valence-corrected chi connectivity index (χ0v) is 12.7. The predicted molar refractivity (Wildman–Crippen MR) is 77.8 cm³/mol. The average molecular weight is 311 g/mol. The Morgan fingerprint density at radius 3 is 3.20 bits per heavy atom. The Bertz CT molecular complexity index is 624. The zero-order chi connectivity index (χ0) is 14.1. The first-order chi connectivity index (χ1) is 9.67. The van der Waals surface area contributed by atoms with Crippen LogP contribution in [0.15, 0.2) is 11.4 Å². The molecule has 1 amide bonds. The third-order valence-corrected chi connectivity index (χ3v) is 4.93. The van der Waals surface area contributed by atoms with E-state index in [-0.39, 0.29) is 6.04 Å². The lowest BCUT2D eigenvalue weighted by atomic mass is 10.1. The molecule has 0 aliphatic carbocycles. The van der Waals surface area contributed by atoms with Gasteiger partial charge in [-0.05, 0) is 24.8 Å². The molecule has 0 radical (unpaired) electrons. The number of halogens is 1. The van der Waals surface area contributed by atoms with E-state index < -0.39 is 0 Å². The predicted octanol–water partition coefficient (Wildman–Crippen LogP) is 2.27. The summed E-state index contributed by atoms with van der Waals surface area (Å²) < 4.78 is 1.91. The summed E-state index contributed by atoms with van der Waals surface area (Å²) >= 11 is 7.68. The summed E-state index contributed by atoms with van der Waals surface area (Å²) in [4.78, 5) is 18.6. The molecule has 3 rings (SSSR count). The lowest BCUT2D eigenvalue weighted by molar-refractivity contribution is -0.121. The molecule has 1 unspecified atom stereocenters. The molecular formula is C13H15ClN4OS. The second kappa shape index (κ2) is 5.54. The average Bonchev–Trinajstić information content (AvgIpc) is 3.00. The molecule has 0 saturated carbocycles. The number of hydrogen-bond acceptors (Lipinski definition) is 4. The number of amides is 1. The topological polar surface area (TPSA) is 51.0 Å². The number of rotatable bonds is 4. The van der Waals surface area contributed by atoms with Crippen LogP contribution in [0.1, 0.15) is 22.9 Å². The Kier molecular flexibility index (Phi) is 3.76. The molecule has 0 fully saturated rings. The van der Waals surface area contributed by atoms with E-state index in [0.29, 0.717) is 13.1 Å². The van der Waals surface area contributed by atoms with E-state index in [4.69, 9.17) is 11.6 Å². The van der Waals surface area contributed by atoms with Gasteiger partial charge in [0, 0.05) is 11.3 Å². The van der Waals surface area contributed by atoms with Gasteiger partial charge in [-0.1, -0.05) is 11.6 Å². The van der Waals surface area contributed by atoms with Crippen LogP contribution < -0.4 is 0 Å². The van der Waals surface area contributed by atoms with Crippen LogP contribution in [0.25, 0.3) is 0 Å². The van der Waals surface area contributed by atoms with Crippen LogP contribution in [0.3, 0.4) is 0 Å². The van der Waals surface area contributed by atoms with Crippen molar-refractivity contribution < 1.29 is 4.79 Å². The maximum absolute atomic E-state index is 11.4. The molecule has 0 spiro atoms. The summed E-state index contributed by atoms with van der Waals surface area (Å²) in [5.41, 5.74) is 0. The number of carbonyl (C=O) groups is 1. The van der Waals surface area contributed by atoms with Gasteiger partial charge in [-0.15, -0.1) is 11.3 Å². The third-order valence-electron chi connectivity index (χ3n) is 3.56. The number of nitrogens with zero attached hydrogens (tertiary/aromatic N) is 4. The minimum Gasteiger partial charge on any atom is -0.335 e. The molecule has 0 aromatic carbocycles. The van der Waals surface area contributed by atoms with Crippen LogP contribution in [-0.2, 0) is 24.3 Å². The van der Waals surface area contributed by atoms with E-state index in [1.807, 2.05) is 28.0 Å². The van der Waals surface area contributed by atoms with Crippen molar-refractivity contribution in [2.45, 2.75) is 38.9 Å². The molecule has 0 saturated heterocycles. The Morgan fingerprint density at radius 1 is 1.65 bits per heavy atom. The van der Waals surface area contributed by atoms with Crippen molar-refractivity contribution in [3.63, 3.8) is 0 Å². The van der Waals surface area contributed by atoms with E-state index in [2.05, 4.69) is 10.1 Å². The first-order valence-corrected chi connectivity index (χ1v) is 7.76. The Morgan fingerprint density at radius 2 is 2.50 bits per heavy atom. The monoisotopic (exact) mass is 310 g/mol. The molecule has 3 heterocycles. The number of carbonyl (C=O) groups excluding carboxylic acids is 1. The van der Waals surface area contributed by atoms with Gasteiger partial charge in [-0.2, -0.15) is 5.10 Å². The first kappa shape index (κ1) is 13.6. The van der Waals surface area contributed by atoms with Gasteiger partial charge in [0.05, 0.1) is 24.2 Å². The maximum Gasteiger partial charge on any atom is 0.210 e. The van der Waals surface area contributed by atoms with Gasteiger partial charge in [0.25, 0.3) is 0 Å². The van der Waals surface area contributed by atoms with Gasteiger partial charge in [-0.25, -0.2) is 9.67 Å². The van der Waals surface area contributed by atoms with Crippen molar-refractivity contribution in [1.82, 2.24) is 19.7 Å². The molecule has 1 aliphatic heterocycles. The van der Waals surface area contributed by atoms with Gasteiger partial charge < -0.3 is 4.90 Å². The lowest BCUT2D eigenvalue weighted by Gasteiger charge is -2.31. The van der Waals surface area contributed by atoms with E-state index >= 15 is 0 Å². The molecule has 2 aromatic heterocycles. The molecule has 0 bridgehead atoms. The van der Waals surface area contributed by atoms with Crippen LogP contribution in [0, 0.1) is 6.92 Å². The normalized spacial score (nSPS) is 17.8. The summed E-state index contributed by atoms with van der Waals surface area (Å²) in [5.74, 6) is 1.80. The van der Waals surface area contributed by atoms with Gasteiger partial charge in [0.2, 0.25) is 6.41 Å². The molecular weight excluding hydrogens is 296 g/mol. The largest absolute Gasteiger partial charge is 0.335 e. The Hall–Kier alpha value is -1.40. The molecule has 5 nitrogen and oxygen atoms in total.